The van der Waals surface area contributed by atoms with Gasteiger partial charge in [0.15, 0.2) is 0 Å². The van der Waals surface area contributed by atoms with Crippen molar-refractivity contribution in [2.24, 2.45) is 0 Å². The Bertz CT molecular complexity index is 958. The van der Waals surface area contributed by atoms with Crippen LogP contribution < -0.4 is 10.6 Å². The van der Waals surface area contributed by atoms with Crippen LogP contribution in [0.3, 0.4) is 0 Å². The zero-order valence-corrected chi connectivity index (χ0v) is 17.7. The molecule has 1 aliphatic heterocycles. The molecule has 2 aliphatic rings. The highest BCUT2D eigenvalue weighted by Gasteiger charge is 2.42. The lowest BCUT2D eigenvalue weighted by molar-refractivity contribution is -0.137. The second-order valence-corrected chi connectivity index (χ2v) is 8.85. The third kappa shape index (κ3) is 5.23. The van der Waals surface area contributed by atoms with Crippen LogP contribution in [0.5, 0.6) is 0 Å². The van der Waals surface area contributed by atoms with E-state index in [4.69, 9.17) is 0 Å². The van der Waals surface area contributed by atoms with Gasteiger partial charge in [0, 0.05) is 18.3 Å². The van der Waals surface area contributed by atoms with E-state index in [1.54, 1.807) is 6.07 Å². The molecule has 1 atom stereocenters. The minimum Gasteiger partial charge on any atom is -0.331 e. The maximum atomic E-state index is 14.1. The molecular formula is C24H27F4N3O. The summed E-state index contributed by atoms with van der Waals surface area (Å²) in [5.74, 6) is -0.198. The van der Waals surface area contributed by atoms with Gasteiger partial charge in [-0.2, -0.15) is 13.2 Å². The minimum absolute atomic E-state index is 0.102. The maximum Gasteiger partial charge on any atom is 0.416 e. The fourth-order valence-corrected chi connectivity index (χ4v) is 4.74. The summed E-state index contributed by atoms with van der Waals surface area (Å²) in [6.07, 6.45) is 0.755. The summed E-state index contributed by atoms with van der Waals surface area (Å²) in [6.45, 7) is 1.54. The Morgan fingerprint density at radius 1 is 1.09 bits per heavy atom. The molecule has 2 fully saturated rings. The molecule has 0 radical (unpaired) electrons. The standard InChI is InChI=1S/C24H27F4N3O/c25-21-10-2-1-6-17(21)14-20-9-4-13-31(20)16-23(11-5-12-23)30-22(32)29-19-8-3-7-18(15-19)24(26,27)28/h1-3,6-8,10,15,20H,4-5,9,11-14,16H2,(H2,29,30,32). The van der Waals surface area contributed by atoms with E-state index in [0.29, 0.717) is 18.5 Å². The van der Waals surface area contributed by atoms with Crippen molar-refractivity contribution < 1.29 is 22.4 Å². The Hall–Kier alpha value is -2.61. The van der Waals surface area contributed by atoms with Crippen molar-refractivity contribution in [3.05, 3.63) is 65.5 Å². The van der Waals surface area contributed by atoms with Crippen LogP contribution in [-0.2, 0) is 12.6 Å². The Labute approximate surface area is 185 Å². The Morgan fingerprint density at radius 2 is 1.88 bits per heavy atom. The molecule has 0 aromatic heterocycles. The molecule has 2 N–H and O–H groups in total. The zero-order valence-electron chi connectivity index (χ0n) is 17.7. The molecule has 4 nitrogen and oxygen atoms in total. The van der Waals surface area contributed by atoms with Crippen LogP contribution >= 0.6 is 0 Å². The van der Waals surface area contributed by atoms with Gasteiger partial charge in [-0.15, -0.1) is 0 Å². The second-order valence-electron chi connectivity index (χ2n) is 8.85. The van der Waals surface area contributed by atoms with Crippen molar-refractivity contribution in [3.8, 4) is 0 Å². The van der Waals surface area contributed by atoms with E-state index in [2.05, 4.69) is 15.5 Å². The first-order valence-corrected chi connectivity index (χ1v) is 11.0. The summed E-state index contributed by atoms with van der Waals surface area (Å²) in [4.78, 5) is 14.9. The molecule has 8 heteroatoms. The van der Waals surface area contributed by atoms with Gasteiger partial charge in [-0.05, 0) is 74.9 Å². The Kier molecular flexibility index (Phi) is 6.42. The summed E-state index contributed by atoms with van der Waals surface area (Å²) < 4.78 is 52.9. The minimum atomic E-state index is -4.47. The van der Waals surface area contributed by atoms with Crippen LogP contribution in [0.25, 0.3) is 0 Å². The van der Waals surface area contributed by atoms with Gasteiger partial charge in [0.1, 0.15) is 5.82 Å². The zero-order chi connectivity index (χ0) is 22.8. The summed E-state index contributed by atoms with van der Waals surface area (Å²) in [5, 5.41) is 5.56. The highest BCUT2D eigenvalue weighted by molar-refractivity contribution is 5.90. The quantitative estimate of drug-likeness (QED) is 0.564. The number of rotatable bonds is 6. The molecule has 1 unspecified atom stereocenters. The molecule has 172 valence electrons. The van der Waals surface area contributed by atoms with E-state index in [-0.39, 0.29) is 17.5 Å². The lowest BCUT2D eigenvalue weighted by atomic mass is 9.76. The van der Waals surface area contributed by atoms with Crippen molar-refractivity contribution in [1.29, 1.82) is 0 Å². The van der Waals surface area contributed by atoms with E-state index < -0.39 is 23.3 Å². The number of nitrogens with zero attached hydrogens (tertiary/aromatic N) is 1. The smallest absolute Gasteiger partial charge is 0.331 e. The fourth-order valence-electron chi connectivity index (χ4n) is 4.74. The van der Waals surface area contributed by atoms with Gasteiger partial charge in [-0.1, -0.05) is 24.3 Å². The topological polar surface area (TPSA) is 44.4 Å². The predicted molar refractivity (Wildman–Crippen MR) is 115 cm³/mol. The van der Waals surface area contributed by atoms with E-state index in [1.807, 2.05) is 12.1 Å². The summed E-state index contributed by atoms with van der Waals surface area (Å²) in [7, 11) is 0. The molecule has 0 spiro atoms. The molecule has 32 heavy (non-hydrogen) atoms. The van der Waals surface area contributed by atoms with Crippen molar-refractivity contribution in [2.75, 3.05) is 18.4 Å². The predicted octanol–water partition coefficient (Wildman–Crippen LogP) is 5.60. The Morgan fingerprint density at radius 3 is 2.56 bits per heavy atom. The number of benzene rings is 2. The number of halogens is 4. The number of carbonyl (C=O) groups is 1. The van der Waals surface area contributed by atoms with E-state index in [1.165, 1.54) is 18.2 Å². The van der Waals surface area contributed by atoms with E-state index >= 15 is 0 Å². The second kappa shape index (κ2) is 9.10. The number of alkyl halides is 3. The van der Waals surface area contributed by atoms with Gasteiger partial charge >= 0.3 is 12.2 Å². The Balaban J connectivity index is 1.38. The van der Waals surface area contributed by atoms with Gasteiger partial charge in [0.2, 0.25) is 0 Å². The number of nitrogens with one attached hydrogen (secondary N) is 2. The lowest BCUT2D eigenvalue weighted by Crippen LogP contribution is -2.61. The number of carbonyl (C=O) groups excluding carboxylic acids is 1. The van der Waals surface area contributed by atoms with Crippen molar-refractivity contribution in [1.82, 2.24) is 10.2 Å². The van der Waals surface area contributed by atoms with Crippen molar-refractivity contribution in [3.63, 3.8) is 0 Å². The number of urea groups is 1. The lowest BCUT2D eigenvalue weighted by Gasteiger charge is -2.46. The van der Waals surface area contributed by atoms with Gasteiger partial charge in [-0.3, -0.25) is 4.90 Å². The molecule has 1 saturated carbocycles. The first-order valence-electron chi connectivity index (χ1n) is 11.0. The first kappa shape index (κ1) is 22.6. The van der Waals surface area contributed by atoms with Crippen LogP contribution in [0, 0.1) is 5.82 Å². The molecule has 4 rings (SSSR count). The monoisotopic (exact) mass is 449 g/mol. The highest BCUT2D eigenvalue weighted by atomic mass is 19.4. The molecule has 1 heterocycles. The van der Waals surface area contributed by atoms with Gasteiger partial charge in [0.25, 0.3) is 0 Å². The van der Waals surface area contributed by atoms with Gasteiger partial charge in [0.05, 0.1) is 11.1 Å². The van der Waals surface area contributed by atoms with Gasteiger partial charge in [-0.25, -0.2) is 9.18 Å². The maximum absolute atomic E-state index is 14.1. The van der Waals surface area contributed by atoms with Crippen molar-refractivity contribution >= 4 is 11.7 Å². The molecule has 2 aromatic rings. The average molecular weight is 449 g/mol. The number of hydrogen-bond donors (Lipinski definition) is 2. The van der Waals surface area contributed by atoms with Crippen LogP contribution in [-0.4, -0.2) is 35.6 Å². The number of amides is 2. The van der Waals surface area contributed by atoms with E-state index in [0.717, 1.165) is 50.8 Å². The van der Waals surface area contributed by atoms with Crippen LogP contribution in [0.1, 0.15) is 43.2 Å². The largest absolute Gasteiger partial charge is 0.416 e. The number of likely N-dealkylation sites (tertiary alicyclic amines) is 1. The van der Waals surface area contributed by atoms with Crippen LogP contribution in [0.2, 0.25) is 0 Å². The first-order chi connectivity index (χ1) is 15.2. The molecule has 1 aliphatic carbocycles. The molecule has 1 saturated heterocycles. The molecular weight excluding hydrogens is 422 g/mol. The van der Waals surface area contributed by atoms with Crippen LogP contribution in [0.15, 0.2) is 48.5 Å². The summed E-state index contributed by atoms with van der Waals surface area (Å²) in [5.41, 5.74) is -0.418. The molecule has 2 aromatic carbocycles. The fraction of sp³-hybridized carbons (Fsp3) is 0.458. The normalized spacial score (nSPS) is 20.6. The summed E-state index contributed by atoms with van der Waals surface area (Å²) in [6, 6.07) is 11.1. The number of anilines is 1. The number of hydrogen-bond acceptors (Lipinski definition) is 2. The average Bonchev–Trinajstić information content (AvgIpc) is 3.14. The highest BCUT2D eigenvalue weighted by Crippen LogP contribution is 2.36. The molecule has 2 amide bonds. The van der Waals surface area contributed by atoms with E-state index in [9.17, 15) is 22.4 Å². The van der Waals surface area contributed by atoms with Crippen molar-refractivity contribution in [2.45, 2.75) is 56.3 Å². The summed E-state index contributed by atoms with van der Waals surface area (Å²) >= 11 is 0. The van der Waals surface area contributed by atoms with Gasteiger partial charge < -0.3 is 10.6 Å². The third-order valence-corrected chi connectivity index (χ3v) is 6.56. The SMILES string of the molecule is O=C(Nc1cccc(C(F)(F)F)c1)NC1(CN2CCCC2Cc2ccccc2F)CCC1. The van der Waals surface area contributed by atoms with Crippen LogP contribution in [0.4, 0.5) is 28.0 Å². The molecule has 0 bridgehead atoms. The third-order valence-electron chi connectivity index (χ3n) is 6.56.